The molecule has 0 aromatic carbocycles. The van der Waals surface area contributed by atoms with Crippen LogP contribution in [-0.4, -0.2) is 23.6 Å². The summed E-state index contributed by atoms with van der Waals surface area (Å²) in [6.07, 6.45) is 1.97. The Bertz CT molecular complexity index is 595. The molecule has 0 atom stereocenters. The van der Waals surface area contributed by atoms with Crippen molar-refractivity contribution in [2.75, 3.05) is 18.5 Å². The van der Waals surface area contributed by atoms with Crippen molar-refractivity contribution in [1.82, 2.24) is 15.3 Å². The second kappa shape index (κ2) is 7.18. The highest BCUT2D eigenvalue weighted by molar-refractivity contribution is 5.53. The number of aromatic nitrogens is 2. The fourth-order valence-corrected chi connectivity index (χ4v) is 2.45. The van der Waals surface area contributed by atoms with E-state index in [1.165, 1.54) is 11.3 Å². The molecule has 21 heavy (non-hydrogen) atoms. The summed E-state index contributed by atoms with van der Waals surface area (Å²) >= 11 is 0. The summed E-state index contributed by atoms with van der Waals surface area (Å²) in [4.78, 5) is 11.4. The molecule has 0 saturated heterocycles. The monoisotopic (exact) mass is 284 g/mol. The highest BCUT2D eigenvalue weighted by Gasteiger charge is 2.12. The Hall–Kier alpha value is -1.94. The number of nitrogens with one attached hydrogen (secondary N) is 1. The first kappa shape index (κ1) is 15.4. The van der Waals surface area contributed by atoms with E-state index in [1.54, 1.807) is 0 Å². The predicted octanol–water partition coefficient (Wildman–Crippen LogP) is 2.84. The van der Waals surface area contributed by atoms with E-state index in [4.69, 9.17) is 0 Å². The molecule has 2 rings (SSSR count). The zero-order valence-corrected chi connectivity index (χ0v) is 13.3. The van der Waals surface area contributed by atoms with Gasteiger partial charge in [-0.15, -0.1) is 0 Å². The zero-order chi connectivity index (χ0) is 15.2. The Morgan fingerprint density at radius 2 is 2.00 bits per heavy atom. The molecular formula is C17H24N4. The quantitative estimate of drug-likeness (QED) is 0.885. The van der Waals surface area contributed by atoms with E-state index in [0.717, 1.165) is 36.7 Å². The average molecular weight is 284 g/mol. The lowest BCUT2D eigenvalue weighted by molar-refractivity contribution is 0.768. The van der Waals surface area contributed by atoms with Gasteiger partial charge in [0.25, 0.3) is 0 Å². The Morgan fingerprint density at radius 3 is 2.67 bits per heavy atom. The molecule has 4 heteroatoms. The largest absolute Gasteiger partial charge is 0.366 e. The minimum atomic E-state index is 0.818. The molecular weight excluding hydrogens is 260 g/mol. The number of hydrogen-bond donors (Lipinski definition) is 1. The van der Waals surface area contributed by atoms with Gasteiger partial charge in [0.15, 0.2) is 0 Å². The van der Waals surface area contributed by atoms with Gasteiger partial charge in [0.2, 0.25) is 0 Å². The standard InChI is InChI=1S/C17H24N4/c1-5-21(12-16-8-6-7-13(2)20-16)17-9-14(3)19-11-15(17)10-18-4/h6-9,11,18H,5,10,12H2,1-4H3. The van der Waals surface area contributed by atoms with E-state index in [0.29, 0.717) is 0 Å². The Kier molecular flexibility index (Phi) is 5.28. The minimum Gasteiger partial charge on any atom is -0.366 e. The van der Waals surface area contributed by atoms with Crippen LogP contribution >= 0.6 is 0 Å². The summed E-state index contributed by atoms with van der Waals surface area (Å²) < 4.78 is 0. The maximum absolute atomic E-state index is 4.61. The van der Waals surface area contributed by atoms with Crippen molar-refractivity contribution >= 4 is 5.69 Å². The van der Waals surface area contributed by atoms with Gasteiger partial charge in [-0.2, -0.15) is 0 Å². The highest BCUT2D eigenvalue weighted by atomic mass is 15.1. The molecule has 2 aromatic heterocycles. The summed E-state index contributed by atoms with van der Waals surface area (Å²) in [5, 5.41) is 3.21. The van der Waals surface area contributed by atoms with Crippen LogP contribution in [0.3, 0.4) is 0 Å². The highest BCUT2D eigenvalue weighted by Crippen LogP contribution is 2.22. The first-order chi connectivity index (χ1) is 10.1. The molecule has 112 valence electrons. The second-order valence-electron chi connectivity index (χ2n) is 5.27. The summed E-state index contributed by atoms with van der Waals surface area (Å²) in [6.45, 7) is 8.82. The molecule has 0 spiro atoms. The van der Waals surface area contributed by atoms with Gasteiger partial charge < -0.3 is 10.2 Å². The van der Waals surface area contributed by atoms with Crippen LogP contribution in [0.1, 0.15) is 29.6 Å². The van der Waals surface area contributed by atoms with Gasteiger partial charge in [-0.3, -0.25) is 9.97 Å². The van der Waals surface area contributed by atoms with Crippen molar-refractivity contribution < 1.29 is 0 Å². The maximum atomic E-state index is 4.61. The summed E-state index contributed by atoms with van der Waals surface area (Å²) in [7, 11) is 1.96. The number of pyridine rings is 2. The molecule has 0 amide bonds. The predicted molar refractivity (Wildman–Crippen MR) is 87.4 cm³/mol. The fraction of sp³-hybridized carbons (Fsp3) is 0.412. The lowest BCUT2D eigenvalue weighted by Crippen LogP contribution is -2.25. The van der Waals surface area contributed by atoms with Gasteiger partial charge in [-0.25, -0.2) is 0 Å². The molecule has 0 bridgehead atoms. The molecule has 0 aliphatic heterocycles. The Labute approximate surface area is 127 Å². The van der Waals surface area contributed by atoms with E-state index in [2.05, 4.69) is 45.3 Å². The second-order valence-corrected chi connectivity index (χ2v) is 5.27. The van der Waals surface area contributed by atoms with Crippen molar-refractivity contribution in [3.8, 4) is 0 Å². The van der Waals surface area contributed by atoms with Crippen LogP contribution in [0.4, 0.5) is 5.69 Å². The van der Waals surface area contributed by atoms with Crippen LogP contribution in [0.25, 0.3) is 0 Å². The van der Waals surface area contributed by atoms with Crippen LogP contribution in [-0.2, 0) is 13.1 Å². The van der Waals surface area contributed by atoms with Crippen molar-refractivity contribution in [1.29, 1.82) is 0 Å². The first-order valence-corrected chi connectivity index (χ1v) is 7.41. The van der Waals surface area contributed by atoms with Crippen LogP contribution < -0.4 is 10.2 Å². The average Bonchev–Trinajstić information content (AvgIpc) is 2.47. The number of hydrogen-bond acceptors (Lipinski definition) is 4. The summed E-state index contributed by atoms with van der Waals surface area (Å²) in [5.74, 6) is 0. The van der Waals surface area contributed by atoms with Gasteiger partial charge in [0.1, 0.15) is 0 Å². The van der Waals surface area contributed by atoms with E-state index >= 15 is 0 Å². The number of anilines is 1. The van der Waals surface area contributed by atoms with Crippen LogP contribution in [0.2, 0.25) is 0 Å². The van der Waals surface area contributed by atoms with E-state index in [9.17, 15) is 0 Å². The van der Waals surface area contributed by atoms with Crippen molar-refractivity contribution in [2.24, 2.45) is 0 Å². The lowest BCUT2D eigenvalue weighted by atomic mass is 10.1. The topological polar surface area (TPSA) is 41.1 Å². The molecule has 0 unspecified atom stereocenters. The number of aryl methyl sites for hydroxylation is 2. The van der Waals surface area contributed by atoms with Gasteiger partial charge in [0, 0.05) is 41.9 Å². The smallest absolute Gasteiger partial charge is 0.0602 e. The van der Waals surface area contributed by atoms with Crippen LogP contribution in [0.15, 0.2) is 30.5 Å². The van der Waals surface area contributed by atoms with Gasteiger partial charge in [0.05, 0.1) is 12.2 Å². The van der Waals surface area contributed by atoms with Crippen LogP contribution in [0.5, 0.6) is 0 Å². The van der Waals surface area contributed by atoms with E-state index in [-0.39, 0.29) is 0 Å². The van der Waals surface area contributed by atoms with Gasteiger partial charge in [-0.05, 0) is 46.0 Å². The molecule has 0 radical (unpaired) electrons. The summed E-state index contributed by atoms with van der Waals surface area (Å²) in [6, 6.07) is 8.34. The first-order valence-electron chi connectivity index (χ1n) is 7.41. The van der Waals surface area contributed by atoms with Gasteiger partial charge in [-0.1, -0.05) is 6.07 Å². The zero-order valence-electron chi connectivity index (χ0n) is 13.3. The van der Waals surface area contributed by atoms with Gasteiger partial charge >= 0.3 is 0 Å². The van der Waals surface area contributed by atoms with E-state index in [1.807, 2.05) is 33.2 Å². The summed E-state index contributed by atoms with van der Waals surface area (Å²) in [5.41, 5.74) is 5.66. The van der Waals surface area contributed by atoms with Crippen molar-refractivity contribution in [3.63, 3.8) is 0 Å². The third-order valence-corrected chi connectivity index (χ3v) is 3.49. The molecule has 0 saturated carbocycles. The third-order valence-electron chi connectivity index (χ3n) is 3.49. The normalized spacial score (nSPS) is 10.7. The molecule has 0 aliphatic carbocycles. The molecule has 0 aliphatic rings. The third kappa shape index (κ3) is 4.02. The van der Waals surface area contributed by atoms with E-state index < -0.39 is 0 Å². The maximum Gasteiger partial charge on any atom is 0.0602 e. The Morgan fingerprint density at radius 1 is 1.19 bits per heavy atom. The fourth-order valence-electron chi connectivity index (χ4n) is 2.45. The molecule has 0 fully saturated rings. The molecule has 4 nitrogen and oxygen atoms in total. The molecule has 2 aromatic rings. The minimum absolute atomic E-state index is 0.818. The van der Waals surface area contributed by atoms with Crippen molar-refractivity contribution in [3.05, 3.63) is 53.1 Å². The number of rotatable bonds is 6. The number of nitrogens with zero attached hydrogens (tertiary/aromatic N) is 3. The lowest BCUT2D eigenvalue weighted by Gasteiger charge is -2.26. The molecule has 2 heterocycles. The van der Waals surface area contributed by atoms with Crippen LogP contribution in [0, 0.1) is 13.8 Å². The SMILES string of the molecule is CCN(Cc1cccc(C)n1)c1cc(C)ncc1CNC. The van der Waals surface area contributed by atoms with Crippen molar-refractivity contribution in [2.45, 2.75) is 33.9 Å². The Balaban J connectivity index is 2.30. The molecule has 1 N–H and O–H groups in total.